The van der Waals surface area contributed by atoms with Gasteiger partial charge in [-0.2, -0.15) is 0 Å². The van der Waals surface area contributed by atoms with E-state index in [0.29, 0.717) is 17.8 Å². The number of ether oxygens (including phenoxy) is 2. The SMILES string of the molecule is CC(C)(C)C.CCc1ccc(OC2CNC(=O)OC2)nc1. The van der Waals surface area contributed by atoms with Gasteiger partial charge in [0.2, 0.25) is 5.88 Å². The molecule has 0 aromatic carbocycles. The van der Waals surface area contributed by atoms with Crippen LogP contribution in [-0.2, 0) is 11.2 Å². The van der Waals surface area contributed by atoms with Crippen LogP contribution < -0.4 is 10.1 Å². The Hall–Kier alpha value is -1.78. The predicted molar refractivity (Wildman–Crippen MR) is 82.5 cm³/mol. The quantitative estimate of drug-likeness (QED) is 0.930. The minimum absolute atomic E-state index is 0.169. The number of alkyl carbamates (subject to hydrolysis) is 1. The second kappa shape index (κ2) is 7.86. The molecule has 5 heteroatoms. The number of hydrogen-bond donors (Lipinski definition) is 1. The number of pyridine rings is 1. The lowest BCUT2D eigenvalue weighted by Gasteiger charge is -2.23. The van der Waals surface area contributed by atoms with Crippen molar-refractivity contribution >= 4 is 6.09 Å². The summed E-state index contributed by atoms with van der Waals surface area (Å²) in [5.41, 5.74) is 1.67. The lowest BCUT2D eigenvalue weighted by molar-refractivity contribution is 0.0540. The summed E-state index contributed by atoms with van der Waals surface area (Å²) >= 11 is 0. The van der Waals surface area contributed by atoms with Crippen molar-refractivity contribution < 1.29 is 14.3 Å². The average Bonchev–Trinajstić information content (AvgIpc) is 2.40. The average molecular weight is 294 g/mol. The molecule has 0 saturated carbocycles. The van der Waals surface area contributed by atoms with E-state index in [4.69, 9.17) is 9.47 Å². The molecule has 2 rings (SSSR count). The van der Waals surface area contributed by atoms with E-state index in [2.05, 4.69) is 44.9 Å². The summed E-state index contributed by atoms with van der Waals surface area (Å²) in [6.07, 6.45) is 2.18. The van der Waals surface area contributed by atoms with Gasteiger partial charge in [-0.3, -0.25) is 0 Å². The lowest BCUT2D eigenvalue weighted by Crippen LogP contribution is -2.45. The van der Waals surface area contributed by atoms with Crippen molar-refractivity contribution in [2.45, 2.75) is 47.1 Å². The van der Waals surface area contributed by atoms with E-state index in [1.54, 1.807) is 6.20 Å². The Kier molecular flexibility index (Phi) is 6.46. The van der Waals surface area contributed by atoms with Gasteiger partial charge in [0.25, 0.3) is 0 Å². The fourth-order valence-electron chi connectivity index (χ4n) is 1.41. The molecule has 21 heavy (non-hydrogen) atoms. The number of nitrogens with zero attached hydrogens (tertiary/aromatic N) is 1. The molecule has 1 N–H and O–H groups in total. The second-order valence-corrected chi connectivity index (χ2v) is 6.58. The largest absolute Gasteiger partial charge is 0.469 e. The summed E-state index contributed by atoms with van der Waals surface area (Å²) in [6, 6.07) is 3.81. The third kappa shape index (κ3) is 8.17. The van der Waals surface area contributed by atoms with Crippen molar-refractivity contribution in [2.24, 2.45) is 5.41 Å². The molecule has 0 radical (unpaired) electrons. The Morgan fingerprint density at radius 2 is 2.05 bits per heavy atom. The Morgan fingerprint density at radius 3 is 2.48 bits per heavy atom. The summed E-state index contributed by atoms with van der Waals surface area (Å²) in [7, 11) is 0. The highest BCUT2D eigenvalue weighted by molar-refractivity contribution is 5.67. The van der Waals surface area contributed by atoms with E-state index >= 15 is 0 Å². The van der Waals surface area contributed by atoms with Gasteiger partial charge in [-0.15, -0.1) is 0 Å². The molecule has 0 bridgehead atoms. The van der Waals surface area contributed by atoms with E-state index < -0.39 is 6.09 Å². The van der Waals surface area contributed by atoms with Gasteiger partial charge in [-0.25, -0.2) is 9.78 Å². The number of aromatic nitrogens is 1. The molecule has 1 unspecified atom stereocenters. The first-order chi connectivity index (χ1) is 9.78. The van der Waals surface area contributed by atoms with Crippen molar-refractivity contribution in [1.29, 1.82) is 0 Å². The van der Waals surface area contributed by atoms with Crippen LogP contribution in [0.15, 0.2) is 18.3 Å². The molecule has 1 aliphatic heterocycles. The summed E-state index contributed by atoms with van der Waals surface area (Å²) < 4.78 is 10.4. The second-order valence-electron chi connectivity index (χ2n) is 6.58. The summed E-state index contributed by atoms with van der Waals surface area (Å²) in [5, 5.41) is 2.56. The molecule has 1 aliphatic rings. The zero-order valence-corrected chi connectivity index (χ0v) is 13.6. The normalized spacial score (nSPS) is 18.0. The molecule has 1 amide bonds. The third-order valence-corrected chi connectivity index (χ3v) is 2.37. The van der Waals surface area contributed by atoms with E-state index in [0.717, 1.165) is 6.42 Å². The molecule has 5 nitrogen and oxygen atoms in total. The van der Waals surface area contributed by atoms with Crippen LogP contribution >= 0.6 is 0 Å². The molecular formula is C16H26N2O3. The molecular weight excluding hydrogens is 268 g/mol. The van der Waals surface area contributed by atoms with Gasteiger partial charge >= 0.3 is 6.09 Å². The van der Waals surface area contributed by atoms with Crippen LogP contribution in [0.3, 0.4) is 0 Å². The number of amides is 1. The Balaban J connectivity index is 0.000000383. The minimum atomic E-state index is -0.394. The van der Waals surface area contributed by atoms with Gasteiger partial charge < -0.3 is 14.8 Å². The standard InChI is InChI=1S/C11H14N2O3.C5H12/c1-2-8-3-4-10(12-5-8)16-9-6-13-11(14)15-7-9;1-5(2,3)4/h3-5,9H,2,6-7H2,1H3,(H,13,14);1-4H3. The van der Waals surface area contributed by atoms with Gasteiger partial charge in [0, 0.05) is 12.3 Å². The number of nitrogens with one attached hydrogen (secondary N) is 1. The van der Waals surface area contributed by atoms with E-state index in [1.807, 2.05) is 12.1 Å². The number of carbonyl (C=O) groups excluding carboxylic acids is 1. The lowest BCUT2D eigenvalue weighted by atomic mass is 10.0. The maximum Gasteiger partial charge on any atom is 0.407 e. The fourth-order valence-corrected chi connectivity index (χ4v) is 1.41. The number of cyclic esters (lactones) is 1. The van der Waals surface area contributed by atoms with Crippen LogP contribution in [0.1, 0.15) is 40.2 Å². The number of carbonyl (C=O) groups is 1. The molecule has 2 heterocycles. The molecule has 118 valence electrons. The smallest absolute Gasteiger partial charge is 0.407 e. The molecule has 0 spiro atoms. The highest BCUT2D eigenvalue weighted by atomic mass is 16.6. The first-order valence-electron chi connectivity index (χ1n) is 7.30. The van der Waals surface area contributed by atoms with Crippen molar-refractivity contribution in [3.63, 3.8) is 0 Å². The summed E-state index contributed by atoms with van der Waals surface area (Å²) in [5.74, 6) is 0.557. The third-order valence-electron chi connectivity index (χ3n) is 2.37. The van der Waals surface area contributed by atoms with Gasteiger partial charge in [0.15, 0.2) is 6.10 Å². The van der Waals surface area contributed by atoms with Crippen LogP contribution in [-0.4, -0.2) is 30.3 Å². The van der Waals surface area contributed by atoms with Gasteiger partial charge in [-0.1, -0.05) is 40.7 Å². The van der Waals surface area contributed by atoms with Crippen LogP contribution in [0.4, 0.5) is 4.79 Å². The van der Waals surface area contributed by atoms with Crippen LogP contribution in [0.2, 0.25) is 0 Å². The van der Waals surface area contributed by atoms with Gasteiger partial charge in [-0.05, 0) is 17.4 Å². The molecule has 1 aromatic heterocycles. The van der Waals surface area contributed by atoms with Crippen molar-refractivity contribution in [3.8, 4) is 5.88 Å². The van der Waals surface area contributed by atoms with Crippen molar-refractivity contribution in [3.05, 3.63) is 23.9 Å². The first kappa shape index (κ1) is 17.3. The minimum Gasteiger partial charge on any atom is -0.469 e. The topological polar surface area (TPSA) is 60.5 Å². The Morgan fingerprint density at radius 1 is 1.38 bits per heavy atom. The van der Waals surface area contributed by atoms with Crippen molar-refractivity contribution in [2.75, 3.05) is 13.2 Å². The molecule has 1 aromatic rings. The number of hydrogen-bond acceptors (Lipinski definition) is 4. The highest BCUT2D eigenvalue weighted by Crippen LogP contribution is 2.11. The van der Waals surface area contributed by atoms with Crippen LogP contribution in [0.25, 0.3) is 0 Å². The fraction of sp³-hybridized carbons (Fsp3) is 0.625. The Labute approximate surface area is 127 Å². The molecule has 1 atom stereocenters. The molecule has 1 fully saturated rings. The maximum absolute atomic E-state index is 10.7. The Bertz CT molecular complexity index is 422. The highest BCUT2D eigenvalue weighted by Gasteiger charge is 2.20. The summed E-state index contributed by atoms with van der Waals surface area (Å²) in [6.45, 7) is 11.5. The first-order valence-corrected chi connectivity index (χ1v) is 7.30. The zero-order chi connectivity index (χ0) is 15.9. The number of rotatable bonds is 3. The van der Waals surface area contributed by atoms with Gasteiger partial charge in [0.05, 0.1) is 6.54 Å². The van der Waals surface area contributed by atoms with E-state index in [9.17, 15) is 4.79 Å². The van der Waals surface area contributed by atoms with Crippen LogP contribution in [0, 0.1) is 5.41 Å². The maximum atomic E-state index is 10.7. The predicted octanol–water partition coefficient (Wildman–Crippen LogP) is 3.18. The molecule has 0 aliphatic carbocycles. The van der Waals surface area contributed by atoms with E-state index in [-0.39, 0.29) is 12.7 Å². The zero-order valence-electron chi connectivity index (χ0n) is 13.6. The van der Waals surface area contributed by atoms with E-state index in [1.165, 1.54) is 5.56 Å². The number of aryl methyl sites for hydroxylation is 1. The summed E-state index contributed by atoms with van der Waals surface area (Å²) in [4.78, 5) is 14.9. The molecule has 1 saturated heterocycles. The van der Waals surface area contributed by atoms with Gasteiger partial charge in [0.1, 0.15) is 6.61 Å². The van der Waals surface area contributed by atoms with Crippen LogP contribution in [0.5, 0.6) is 5.88 Å². The monoisotopic (exact) mass is 294 g/mol. The van der Waals surface area contributed by atoms with Crippen molar-refractivity contribution in [1.82, 2.24) is 10.3 Å².